The van der Waals surface area contributed by atoms with Gasteiger partial charge in [-0.3, -0.25) is 0 Å². The second kappa shape index (κ2) is 5.39. The van der Waals surface area contributed by atoms with Gasteiger partial charge in [0, 0.05) is 18.6 Å². The van der Waals surface area contributed by atoms with Gasteiger partial charge < -0.3 is 4.57 Å². The number of imidazole rings is 1. The van der Waals surface area contributed by atoms with Crippen LogP contribution in [0.3, 0.4) is 0 Å². The molecule has 0 aliphatic carbocycles. The van der Waals surface area contributed by atoms with Crippen LogP contribution >= 0.6 is 11.3 Å². The number of aromatic nitrogens is 3. The summed E-state index contributed by atoms with van der Waals surface area (Å²) in [4.78, 5) is 7.20. The van der Waals surface area contributed by atoms with Gasteiger partial charge in [0.25, 0.3) is 10.0 Å². The Morgan fingerprint density at radius 3 is 2.52 bits per heavy atom. The van der Waals surface area contributed by atoms with Crippen LogP contribution in [0, 0.1) is 6.92 Å². The third-order valence-corrected chi connectivity index (χ3v) is 4.74. The highest BCUT2D eigenvalue weighted by Crippen LogP contribution is 2.30. The molecule has 0 aromatic carbocycles. The lowest BCUT2D eigenvalue weighted by Crippen LogP contribution is -2.23. The van der Waals surface area contributed by atoms with Crippen molar-refractivity contribution in [2.24, 2.45) is 7.05 Å². The van der Waals surface area contributed by atoms with Crippen LogP contribution in [0.2, 0.25) is 0 Å². The SMILES string of the molecule is Cc1nc(S(=O)(=O)NCc2nc(C(F)(F)F)cs2)cn1C. The fourth-order valence-electron chi connectivity index (χ4n) is 1.41. The maximum absolute atomic E-state index is 12.4. The molecule has 0 atom stereocenters. The van der Waals surface area contributed by atoms with Crippen LogP contribution in [0.4, 0.5) is 13.2 Å². The highest BCUT2D eigenvalue weighted by Gasteiger charge is 2.33. The predicted octanol–water partition coefficient (Wildman–Crippen LogP) is 1.68. The number of nitrogens with zero attached hydrogens (tertiary/aromatic N) is 3. The first-order chi connectivity index (χ1) is 9.59. The monoisotopic (exact) mass is 340 g/mol. The van der Waals surface area contributed by atoms with Gasteiger partial charge in [0.1, 0.15) is 10.8 Å². The van der Waals surface area contributed by atoms with Crippen LogP contribution in [-0.4, -0.2) is 23.0 Å². The summed E-state index contributed by atoms with van der Waals surface area (Å²) in [5.74, 6) is 0.504. The minimum Gasteiger partial charge on any atom is -0.337 e. The maximum atomic E-state index is 12.4. The third-order valence-electron chi connectivity index (χ3n) is 2.62. The van der Waals surface area contributed by atoms with Crippen molar-refractivity contribution in [1.82, 2.24) is 19.3 Å². The largest absolute Gasteiger partial charge is 0.434 e. The predicted molar refractivity (Wildman–Crippen MR) is 69.1 cm³/mol. The van der Waals surface area contributed by atoms with Gasteiger partial charge in [-0.25, -0.2) is 23.1 Å². The molecule has 2 aromatic heterocycles. The normalized spacial score (nSPS) is 12.8. The van der Waals surface area contributed by atoms with E-state index in [4.69, 9.17) is 0 Å². The van der Waals surface area contributed by atoms with Crippen molar-refractivity contribution < 1.29 is 21.6 Å². The zero-order valence-corrected chi connectivity index (χ0v) is 12.6. The quantitative estimate of drug-likeness (QED) is 0.919. The summed E-state index contributed by atoms with van der Waals surface area (Å²) in [5, 5.41) is 0.683. The Kier molecular flexibility index (Phi) is 4.08. The van der Waals surface area contributed by atoms with Crippen molar-refractivity contribution in [3.05, 3.63) is 28.1 Å². The van der Waals surface area contributed by atoms with Gasteiger partial charge in [-0.2, -0.15) is 13.2 Å². The van der Waals surface area contributed by atoms with Gasteiger partial charge in [-0.15, -0.1) is 11.3 Å². The van der Waals surface area contributed by atoms with Crippen LogP contribution in [-0.2, 0) is 29.8 Å². The molecule has 0 radical (unpaired) electrons. The van der Waals surface area contributed by atoms with Crippen molar-refractivity contribution in [2.75, 3.05) is 0 Å². The molecule has 116 valence electrons. The van der Waals surface area contributed by atoms with Gasteiger partial charge in [0.2, 0.25) is 0 Å². The van der Waals surface area contributed by atoms with E-state index in [-0.39, 0.29) is 16.6 Å². The van der Waals surface area contributed by atoms with E-state index in [2.05, 4.69) is 14.7 Å². The Morgan fingerprint density at radius 1 is 1.38 bits per heavy atom. The van der Waals surface area contributed by atoms with Crippen LogP contribution < -0.4 is 4.72 Å². The number of thiazole rings is 1. The Bertz CT molecular complexity index is 729. The topological polar surface area (TPSA) is 76.9 Å². The summed E-state index contributed by atoms with van der Waals surface area (Å²) in [6, 6.07) is 0. The Labute approximate surface area is 122 Å². The van der Waals surface area contributed by atoms with Crippen molar-refractivity contribution in [3.63, 3.8) is 0 Å². The molecule has 0 aliphatic heterocycles. The van der Waals surface area contributed by atoms with Crippen molar-refractivity contribution >= 4 is 21.4 Å². The molecule has 2 heterocycles. The summed E-state index contributed by atoms with van der Waals surface area (Å²) >= 11 is 0.737. The molecule has 0 saturated carbocycles. The standard InChI is InChI=1S/C10H11F3N4O2S2/c1-6-15-9(4-17(6)2)21(18,19)14-3-8-16-7(5-20-8)10(11,12)13/h4-5,14H,3H2,1-2H3. The average Bonchev–Trinajstić information content (AvgIpc) is 2.95. The number of sulfonamides is 1. The maximum Gasteiger partial charge on any atom is 0.434 e. The molecule has 2 rings (SSSR count). The second-order valence-corrected chi connectivity index (χ2v) is 6.84. The summed E-state index contributed by atoms with van der Waals surface area (Å²) in [7, 11) is -2.25. The lowest BCUT2D eigenvalue weighted by molar-refractivity contribution is -0.140. The Balaban J connectivity index is 2.10. The molecule has 0 unspecified atom stereocenters. The van der Waals surface area contributed by atoms with Crippen LogP contribution in [0.15, 0.2) is 16.6 Å². The van der Waals surface area contributed by atoms with Crippen molar-refractivity contribution in [3.8, 4) is 0 Å². The number of aryl methyl sites for hydroxylation is 2. The van der Waals surface area contributed by atoms with E-state index in [9.17, 15) is 21.6 Å². The first kappa shape index (κ1) is 15.9. The van der Waals surface area contributed by atoms with Crippen molar-refractivity contribution in [2.45, 2.75) is 24.7 Å². The molecule has 0 amide bonds. The molecule has 0 fully saturated rings. The molecule has 6 nitrogen and oxygen atoms in total. The van der Waals surface area contributed by atoms with Crippen molar-refractivity contribution in [1.29, 1.82) is 0 Å². The molecule has 1 N–H and O–H groups in total. The fraction of sp³-hybridized carbons (Fsp3) is 0.400. The molecule has 2 aromatic rings. The van der Waals surface area contributed by atoms with E-state index in [0.717, 1.165) is 16.7 Å². The van der Waals surface area contributed by atoms with Gasteiger partial charge >= 0.3 is 6.18 Å². The van der Waals surface area contributed by atoms with Gasteiger partial charge in [-0.05, 0) is 6.92 Å². The number of hydrogen-bond donors (Lipinski definition) is 1. The minimum absolute atomic E-state index is 0.0264. The molecule has 21 heavy (non-hydrogen) atoms. The molecular formula is C10H11F3N4O2S2. The summed E-state index contributed by atoms with van der Waals surface area (Å²) in [5.41, 5.74) is -1.03. The zero-order chi connectivity index (χ0) is 15.8. The number of hydrogen-bond acceptors (Lipinski definition) is 5. The summed E-state index contributed by atoms with van der Waals surface area (Å²) in [6.45, 7) is 1.31. The fourth-order valence-corrected chi connectivity index (χ4v) is 3.26. The van der Waals surface area contributed by atoms with Gasteiger partial charge in [-0.1, -0.05) is 0 Å². The second-order valence-electron chi connectivity index (χ2n) is 4.19. The highest BCUT2D eigenvalue weighted by atomic mass is 32.2. The van der Waals surface area contributed by atoms with Crippen LogP contribution in [0.1, 0.15) is 16.5 Å². The van der Waals surface area contributed by atoms with E-state index < -0.39 is 21.9 Å². The number of halogens is 3. The van der Waals surface area contributed by atoms with E-state index in [1.165, 1.54) is 10.8 Å². The molecular weight excluding hydrogens is 329 g/mol. The third kappa shape index (κ3) is 3.60. The van der Waals surface area contributed by atoms with Gasteiger partial charge in [0.05, 0.1) is 6.54 Å². The molecule has 0 aliphatic rings. The average molecular weight is 340 g/mol. The summed E-state index contributed by atoms with van der Waals surface area (Å²) in [6.07, 6.45) is -3.22. The van der Waals surface area contributed by atoms with E-state index in [0.29, 0.717) is 5.82 Å². The Hall–Kier alpha value is -1.46. The van der Waals surface area contributed by atoms with Gasteiger partial charge in [0.15, 0.2) is 10.7 Å². The minimum atomic E-state index is -4.54. The molecule has 0 bridgehead atoms. The van der Waals surface area contributed by atoms with Crippen LogP contribution in [0.5, 0.6) is 0 Å². The lowest BCUT2D eigenvalue weighted by atomic mass is 10.5. The van der Waals surface area contributed by atoms with E-state index >= 15 is 0 Å². The van der Waals surface area contributed by atoms with E-state index in [1.54, 1.807) is 14.0 Å². The molecule has 0 spiro atoms. The molecule has 11 heteroatoms. The number of nitrogens with one attached hydrogen (secondary N) is 1. The molecule has 0 saturated heterocycles. The Morgan fingerprint density at radius 2 is 2.05 bits per heavy atom. The summed E-state index contributed by atoms with van der Waals surface area (Å²) < 4.78 is 64.7. The smallest absolute Gasteiger partial charge is 0.337 e. The number of rotatable bonds is 4. The zero-order valence-electron chi connectivity index (χ0n) is 11.0. The number of alkyl halides is 3. The lowest BCUT2D eigenvalue weighted by Gasteiger charge is -2.02. The first-order valence-corrected chi connectivity index (χ1v) is 7.97. The van der Waals surface area contributed by atoms with Crippen LogP contribution in [0.25, 0.3) is 0 Å². The first-order valence-electron chi connectivity index (χ1n) is 5.61. The highest BCUT2D eigenvalue weighted by molar-refractivity contribution is 7.89. The van der Waals surface area contributed by atoms with E-state index in [1.807, 2.05) is 0 Å².